The van der Waals surface area contributed by atoms with Crippen LogP contribution in [0.4, 0.5) is 11.6 Å². The van der Waals surface area contributed by atoms with Crippen molar-refractivity contribution >= 4 is 29.1 Å². The van der Waals surface area contributed by atoms with Crippen LogP contribution in [0, 0.1) is 0 Å². The fraction of sp³-hybridized carbons (Fsp3) is 0.238. The molecule has 1 unspecified atom stereocenters. The number of hydrogen-bond acceptors (Lipinski definition) is 8. The van der Waals surface area contributed by atoms with E-state index < -0.39 is 5.60 Å². The van der Waals surface area contributed by atoms with Gasteiger partial charge in [-0.3, -0.25) is 14.0 Å². The van der Waals surface area contributed by atoms with Gasteiger partial charge >= 0.3 is 0 Å². The summed E-state index contributed by atoms with van der Waals surface area (Å²) in [5.74, 6) is 0.562. The second-order valence-corrected chi connectivity index (χ2v) is 8.11. The quantitative estimate of drug-likeness (QED) is 0.457. The Balaban J connectivity index is 1.42. The molecule has 33 heavy (non-hydrogen) atoms. The maximum absolute atomic E-state index is 12.4. The summed E-state index contributed by atoms with van der Waals surface area (Å²) < 4.78 is 3.20. The molecule has 11 nitrogen and oxygen atoms in total. The van der Waals surface area contributed by atoms with E-state index in [-0.39, 0.29) is 5.91 Å². The number of nitrogens with one attached hydrogen (secondary N) is 1. The summed E-state index contributed by atoms with van der Waals surface area (Å²) in [5.41, 5.74) is 0.486. The molecule has 5 heterocycles. The van der Waals surface area contributed by atoms with Gasteiger partial charge in [0.1, 0.15) is 23.0 Å². The topological polar surface area (TPSA) is 127 Å². The summed E-state index contributed by atoms with van der Waals surface area (Å²) in [6.07, 6.45) is 6.67. The van der Waals surface area contributed by atoms with E-state index in [2.05, 4.69) is 30.4 Å². The first kappa shape index (κ1) is 21.0. The molecule has 1 fully saturated rings. The van der Waals surface area contributed by atoms with Gasteiger partial charge in [0.05, 0.1) is 23.3 Å². The van der Waals surface area contributed by atoms with Gasteiger partial charge < -0.3 is 15.3 Å². The number of hydrogen-bond donors (Lipinski definition) is 2. The van der Waals surface area contributed by atoms with Gasteiger partial charge in [-0.05, 0) is 18.2 Å². The Kier molecular flexibility index (Phi) is 5.06. The zero-order valence-corrected chi connectivity index (χ0v) is 18.6. The van der Waals surface area contributed by atoms with E-state index in [1.165, 1.54) is 15.9 Å². The average Bonchev–Trinajstić information content (AvgIpc) is 3.52. The molecule has 1 atom stereocenters. The molecule has 168 valence electrons. The predicted octanol–water partition coefficient (Wildman–Crippen LogP) is 1.90. The predicted molar refractivity (Wildman–Crippen MR) is 120 cm³/mol. The summed E-state index contributed by atoms with van der Waals surface area (Å²) in [6.45, 7) is 0.476. The smallest absolute Gasteiger partial charge is 0.260 e. The van der Waals surface area contributed by atoms with Crippen molar-refractivity contribution in [2.24, 2.45) is 7.05 Å². The molecule has 1 amide bonds. The van der Waals surface area contributed by atoms with E-state index in [4.69, 9.17) is 11.6 Å². The number of anilines is 2. The number of aryl methyl sites for hydroxylation is 1. The van der Waals surface area contributed by atoms with Gasteiger partial charge in [-0.2, -0.15) is 5.10 Å². The Bertz CT molecular complexity index is 1350. The highest BCUT2D eigenvalue weighted by Gasteiger charge is 2.46. The van der Waals surface area contributed by atoms with Crippen LogP contribution in [-0.4, -0.2) is 63.8 Å². The molecule has 4 aromatic rings. The molecule has 0 radical (unpaired) electrons. The number of likely N-dealkylation sites (tertiary alicyclic amines) is 1. The fourth-order valence-corrected chi connectivity index (χ4v) is 3.79. The number of nitrogens with zero attached hydrogens (tertiary/aromatic N) is 8. The first-order valence-electron chi connectivity index (χ1n) is 10.1. The largest absolute Gasteiger partial charge is 0.374 e. The van der Waals surface area contributed by atoms with Gasteiger partial charge in [-0.15, -0.1) is 0 Å². The summed E-state index contributed by atoms with van der Waals surface area (Å²) in [5, 5.41) is 18.4. The van der Waals surface area contributed by atoms with Gasteiger partial charge in [0.25, 0.3) is 5.91 Å². The van der Waals surface area contributed by atoms with Gasteiger partial charge in [0.2, 0.25) is 5.95 Å². The Hall–Kier alpha value is -3.83. The van der Waals surface area contributed by atoms with Crippen LogP contribution in [-0.2, 0) is 17.4 Å². The van der Waals surface area contributed by atoms with Crippen molar-refractivity contribution in [3.63, 3.8) is 0 Å². The number of pyridine rings is 1. The summed E-state index contributed by atoms with van der Waals surface area (Å²) in [4.78, 5) is 31.6. The third kappa shape index (κ3) is 3.70. The standard InChI is InChI=1S/C21H20ClN9O2/c1-29-9-7-21(33,19(29)32)16-11-31(12-24-16)17-5-3-4-13(26-17)14-6-8-23-20(27-14)28-15-10-25-30(2)18(15)22/h3-6,8,10-12,33H,7,9H2,1-2H3,(H,23,27,28). The maximum atomic E-state index is 12.4. The van der Waals surface area contributed by atoms with Crippen LogP contribution in [0.2, 0.25) is 5.15 Å². The molecular formula is C21H20ClN9O2. The molecule has 0 saturated carbocycles. The number of aliphatic hydroxyl groups is 1. The van der Waals surface area contributed by atoms with Crippen LogP contribution < -0.4 is 5.32 Å². The summed E-state index contributed by atoms with van der Waals surface area (Å²) in [7, 11) is 3.40. The summed E-state index contributed by atoms with van der Waals surface area (Å²) in [6, 6.07) is 7.22. The number of rotatable bonds is 5. The lowest BCUT2D eigenvalue weighted by molar-refractivity contribution is -0.143. The van der Waals surface area contributed by atoms with Crippen molar-refractivity contribution in [2.45, 2.75) is 12.0 Å². The van der Waals surface area contributed by atoms with E-state index >= 15 is 0 Å². The second kappa shape index (κ2) is 7.94. The van der Waals surface area contributed by atoms with Gasteiger partial charge in [-0.1, -0.05) is 17.7 Å². The minimum absolute atomic E-state index is 0.296. The lowest BCUT2D eigenvalue weighted by Gasteiger charge is -2.17. The van der Waals surface area contributed by atoms with E-state index in [0.717, 1.165) is 0 Å². The molecule has 0 bridgehead atoms. The Morgan fingerprint density at radius 3 is 2.70 bits per heavy atom. The van der Waals surface area contributed by atoms with Crippen LogP contribution in [0.5, 0.6) is 0 Å². The summed E-state index contributed by atoms with van der Waals surface area (Å²) >= 11 is 6.20. The van der Waals surface area contributed by atoms with Crippen LogP contribution in [0.15, 0.2) is 49.2 Å². The lowest BCUT2D eigenvalue weighted by Crippen LogP contribution is -2.36. The highest BCUT2D eigenvalue weighted by atomic mass is 35.5. The van der Waals surface area contributed by atoms with Crippen molar-refractivity contribution in [3.8, 4) is 17.2 Å². The fourth-order valence-electron chi connectivity index (χ4n) is 3.65. The molecule has 2 N–H and O–H groups in total. The van der Waals surface area contributed by atoms with Crippen molar-refractivity contribution in [3.05, 3.63) is 60.0 Å². The lowest BCUT2D eigenvalue weighted by atomic mass is 9.99. The minimum atomic E-state index is -1.61. The van der Waals surface area contributed by atoms with Gasteiger partial charge in [0.15, 0.2) is 5.60 Å². The number of carbonyl (C=O) groups excluding carboxylic acids is 1. The van der Waals surface area contributed by atoms with Crippen molar-refractivity contribution < 1.29 is 9.90 Å². The van der Waals surface area contributed by atoms with Crippen LogP contribution in [0.1, 0.15) is 12.1 Å². The van der Waals surface area contributed by atoms with E-state index in [1.807, 2.05) is 12.1 Å². The number of carbonyl (C=O) groups is 1. The minimum Gasteiger partial charge on any atom is -0.374 e. The van der Waals surface area contributed by atoms with Crippen molar-refractivity contribution in [2.75, 3.05) is 18.9 Å². The van der Waals surface area contributed by atoms with Gasteiger partial charge in [0, 0.05) is 39.5 Å². The third-order valence-corrected chi connectivity index (χ3v) is 5.99. The molecule has 1 aliphatic rings. The SMILES string of the molecule is CN1CCC(O)(c2cn(-c3cccc(-c4ccnc(Nc5cnn(C)c5Cl)n4)n3)cn2)C1=O. The Morgan fingerprint density at radius 1 is 1.15 bits per heavy atom. The Morgan fingerprint density at radius 2 is 1.97 bits per heavy atom. The van der Waals surface area contributed by atoms with E-state index in [1.54, 1.807) is 49.4 Å². The monoisotopic (exact) mass is 465 g/mol. The first-order chi connectivity index (χ1) is 15.8. The number of imidazole rings is 1. The molecule has 0 aliphatic carbocycles. The number of amides is 1. The van der Waals surface area contributed by atoms with E-state index in [0.29, 0.717) is 52.7 Å². The highest BCUT2D eigenvalue weighted by molar-refractivity contribution is 6.32. The maximum Gasteiger partial charge on any atom is 0.260 e. The number of halogens is 1. The number of likely N-dealkylation sites (N-methyl/N-ethyl adjacent to an activating group) is 1. The molecule has 4 aromatic heterocycles. The zero-order valence-electron chi connectivity index (χ0n) is 17.8. The van der Waals surface area contributed by atoms with Crippen molar-refractivity contribution in [1.82, 2.24) is 39.2 Å². The molecule has 1 saturated heterocycles. The van der Waals surface area contributed by atoms with Gasteiger partial charge in [-0.25, -0.2) is 19.9 Å². The zero-order chi connectivity index (χ0) is 23.2. The molecule has 1 aliphatic heterocycles. The molecular weight excluding hydrogens is 446 g/mol. The normalized spacial score (nSPS) is 18.2. The average molecular weight is 466 g/mol. The Labute approximate surface area is 193 Å². The van der Waals surface area contributed by atoms with Crippen molar-refractivity contribution in [1.29, 1.82) is 0 Å². The van der Waals surface area contributed by atoms with Crippen LogP contribution >= 0.6 is 11.6 Å². The first-order valence-corrected chi connectivity index (χ1v) is 10.5. The molecule has 0 spiro atoms. The molecule has 12 heteroatoms. The molecule has 0 aromatic carbocycles. The third-order valence-electron chi connectivity index (χ3n) is 5.55. The second-order valence-electron chi connectivity index (χ2n) is 7.75. The van der Waals surface area contributed by atoms with Crippen LogP contribution in [0.3, 0.4) is 0 Å². The van der Waals surface area contributed by atoms with E-state index in [9.17, 15) is 9.90 Å². The van der Waals surface area contributed by atoms with Crippen LogP contribution in [0.25, 0.3) is 17.2 Å². The highest BCUT2D eigenvalue weighted by Crippen LogP contribution is 2.32. The number of aromatic nitrogens is 7. The molecule has 5 rings (SSSR count).